The third-order valence-corrected chi connectivity index (χ3v) is 5.06. The van der Waals surface area contributed by atoms with E-state index in [2.05, 4.69) is 68.3 Å². The van der Waals surface area contributed by atoms with Gasteiger partial charge < -0.3 is 4.74 Å². The van der Waals surface area contributed by atoms with Gasteiger partial charge in [-0.3, -0.25) is 0 Å². The minimum absolute atomic E-state index is 0.585. The second-order valence-corrected chi connectivity index (χ2v) is 6.37. The van der Waals surface area contributed by atoms with Gasteiger partial charge in [0.15, 0.2) is 0 Å². The summed E-state index contributed by atoms with van der Waals surface area (Å²) in [6, 6.07) is 16.8. The fourth-order valence-electron chi connectivity index (χ4n) is 2.25. The molecule has 0 fully saturated rings. The van der Waals surface area contributed by atoms with Crippen molar-refractivity contribution in [1.82, 2.24) is 0 Å². The molecule has 0 aliphatic carbocycles. The lowest BCUT2D eigenvalue weighted by atomic mass is 9.94. The van der Waals surface area contributed by atoms with Crippen molar-refractivity contribution in [2.24, 2.45) is 5.92 Å². The SMILES string of the molecule is COc1ccc(CC(CBr)Cc2ccccc2Br)cc1. The van der Waals surface area contributed by atoms with E-state index in [0.29, 0.717) is 5.92 Å². The van der Waals surface area contributed by atoms with Gasteiger partial charge in [0.05, 0.1) is 7.11 Å². The van der Waals surface area contributed by atoms with Gasteiger partial charge >= 0.3 is 0 Å². The van der Waals surface area contributed by atoms with Gasteiger partial charge in [-0.15, -0.1) is 0 Å². The predicted molar refractivity (Wildman–Crippen MR) is 91.8 cm³/mol. The molecule has 0 radical (unpaired) electrons. The van der Waals surface area contributed by atoms with Crippen LogP contribution in [-0.4, -0.2) is 12.4 Å². The minimum atomic E-state index is 0.585. The topological polar surface area (TPSA) is 9.23 Å². The van der Waals surface area contributed by atoms with Crippen molar-refractivity contribution in [2.75, 3.05) is 12.4 Å². The van der Waals surface area contributed by atoms with E-state index in [1.807, 2.05) is 12.1 Å². The number of hydrogen-bond donors (Lipinski definition) is 0. The van der Waals surface area contributed by atoms with Crippen molar-refractivity contribution in [2.45, 2.75) is 12.8 Å². The average molecular weight is 398 g/mol. The molecule has 20 heavy (non-hydrogen) atoms. The highest BCUT2D eigenvalue weighted by atomic mass is 79.9. The van der Waals surface area contributed by atoms with Gasteiger partial charge in [-0.1, -0.05) is 62.2 Å². The van der Waals surface area contributed by atoms with E-state index < -0.39 is 0 Å². The summed E-state index contributed by atoms with van der Waals surface area (Å²) in [5, 5.41) is 1.00. The molecule has 0 saturated carbocycles. The van der Waals surface area contributed by atoms with Crippen molar-refractivity contribution in [1.29, 1.82) is 0 Å². The summed E-state index contributed by atoms with van der Waals surface area (Å²) in [4.78, 5) is 0. The van der Waals surface area contributed by atoms with Crippen molar-refractivity contribution >= 4 is 31.9 Å². The van der Waals surface area contributed by atoms with Gasteiger partial charge in [0.25, 0.3) is 0 Å². The van der Waals surface area contributed by atoms with Gasteiger partial charge in [-0.25, -0.2) is 0 Å². The Morgan fingerprint density at radius 3 is 2.30 bits per heavy atom. The maximum absolute atomic E-state index is 5.20. The molecule has 3 heteroatoms. The molecule has 2 rings (SSSR count). The van der Waals surface area contributed by atoms with E-state index in [4.69, 9.17) is 4.74 Å². The quantitative estimate of drug-likeness (QED) is 0.604. The number of hydrogen-bond acceptors (Lipinski definition) is 1. The lowest BCUT2D eigenvalue weighted by Gasteiger charge is -2.15. The van der Waals surface area contributed by atoms with Crippen molar-refractivity contribution < 1.29 is 4.74 Å². The molecule has 0 aromatic heterocycles. The molecule has 0 N–H and O–H groups in total. The standard InChI is InChI=1S/C17H18Br2O/c1-20-16-8-6-13(7-9-16)10-14(12-18)11-15-4-2-3-5-17(15)19/h2-9,14H,10-12H2,1H3. The largest absolute Gasteiger partial charge is 0.497 e. The van der Waals surface area contributed by atoms with E-state index in [1.54, 1.807) is 7.11 Å². The number of benzene rings is 2. The smallest absolute Gasteiger partial charge is 0.118 e. The van der Waals surface area contributed by atoms with Gasteiger partial charge in [-0.05, 0) is 48.1 Å². The first-order valence-corrected chi connectivity index (χ1v) is 8.56. The number of alkyl halides is 1. The Balaban J connectivity index is 2.03. The van der Waals surface area contributed by atoms with Crippen molar-refractivity contribution in [3.63, 3.8) is 0 Å². The molecule has 2 aromatic rings. The normalized spacial score (nSPS) is 12.2. The van der Waals surface area contributed by atoms with Crippen LogP contribution < -0.4 is 4.74 Å². The van der Waals surface area contributed by atoms with E-state index in [-0.39, 0.29) is 0 Å². The molecule has 0 heterocycles. The van der Waals surface area contributed by atoms with Crippen LogP contribution in [0.2, 0.25) is 0 Å². The monoisotopic (exact) mass is 396 g/mol. The molecule has 0 aliphatic rings. The summed E-state index contributed by atoms with van der Waals surface area (Å²) in [6.45, 7) is 0. The van der Waals surface area contributed by atoms with Crippen LogP contribution in [0, 0.1) is 5.92 Å². The molecule has 1 atom stereocenters. The molecule has 0 bridgehead atoms. The van der Waals surface area contributed by atoms with E-state index >= 15 is 0 Å². The molecule has 0 aliphatic heterocycles. The average Bonchev–Trinajstić information content (AvgIpc) is 2.49. The van der Waals surface area contributed by atoms with Crippen LogP contribution in [0.5, 0.6) is 5.75 Å². The third kappa shape index (κ3) is 4.35. The summed E-state index contributed by atoms with van der Waals surface area (Å²) in [7, 11) is 1.70. The molecular weight excluding hydrogens is 380 g/mol. The van der Waals surface area contributed by atoms with Gasteiger partial charge in [-0.2, -0.15) is 0 Å². The third-order valence-electron chi connectivity index (χ3n) is 3.37. The predicted octanol–water partition coefficient (Wildman–Crippen LogP) is 5.25. The van der Waals surface area contributed by atoms with Gasteiger partial charge in [0.1, 0.15) is 5.75 Å². The fourth-order valence-corrected chi connectivity index (χ4v) is 3.16. The molecule has 0 spiro atoms. The Bertz CT molecular complexity index is 537. The van der Waals surface area contributed by atoms with Crippen LogP contribution in [0.25, 0.3) is 0 Å². The molecule has 106 valence electrons. The first kappa shape index (κ1) is 15.6. The highest BCUT2D eigenvalue weighted by molar-refractivity contribution is 9.10. The van der Waals surface area contributed by atoms with Crippen LogP contribution in [0.15, 0.2) is 53.0 Å². The number of rotatable bonds is 6. The molecule has 0 amide bonds. The minimum Gasteiger partial charge on any atom is -0.497 e. The lowest BCUT2D eigenvalue weighted by molar-refractivity contribution is 0.414. The Kier molecular flexibility index (Phi) is 6.11. The zero-order chi connectivity index (χ0) is 14.4. The number of ether oxygens (including phenoxy) is 1. The summed E-state index contributed by atoms with van der Waals surface area (Å²) in [5.74, 6) is 1.50. The molecule has 1 unspecified atom stereocenters. The van der Waals surface area contributed by atoms with Crippen LogP contribution in [0.4, 0.5) is 0 Å². The maximum atomic E-state index is 5.20. The first-order valence-electron chi connectivity index (χ1n) is 6.65. The molecule has 0 saturated heterocycles. The zero-order valence-corrected chi connectivity index (χ0v) is 14.7. The Labute approximate surface area is 137 Å². The van der Waals surface area contributed by atoms with Crippen LogP contribution in [0.3, 0.4) is 0 Å². The van der Waals surface area contributed by atoms with Crippen molar-refractivity contribution in [3.05, 3.63) is 64.1 Å². The van der Waals surface area contributed by atoms with Crippen LogP contribution in [-0.2, 0) is 12.8 Å². The summed E-state index contributed by atoms with van der Waals surface area (Å²) in [5.41, 5.74) is 2.72. The molecule has 1 nitrogen and oxygen atoms in total. The van der Waals surface area contributed by atoms with Gasteiger partial charge in [0.2, 0.25) is 0 Å². The zero-order valence-electron chi connectivity index (χ0n) is 11.5. The Morgan fingerprint density at radius 2 is 1.70 bits per heavy atom. The van der Waals surface area contributed by atoms with Crippen LogP contribution >= 0.6 is 31.9 Å². The first-order chi connectivity index (χ1) is 9.72. The second-order valence-electron chi connectivity index (χ2n) is 4.87. The van der Waals surface area contributed by atoms with E-state index in [1.165, 1.54) is 15.6 Å². The molecule has 2 aromatic carbocycles. The highest BCUT2D eigenvalue weighted by Gasteiger charge is 2.11. The number of halogens is 2. The Morgan fingerprint density at radius 1 is 1.00 bits per heavy atom. The lowest BCUT2D eigenvalue weighted by Crippen LogP contribution is -2.10. The summed E-state index contributed by atoms with van der Waals surface area (Å²) in [6.07, 6.45) is 2.13. The number of methoxy groups -OCH3 is 1. The summed E-state index contributed by atoms with van der Waals surface area (Å²) >= 11 is 7.27. The second kappa shape index (κ2) is 7.84. The fraction of sp³-hybridized carbons (Fsp3) is 0.294. The van der Waals surface area contributed by atoms with E-state index in [9.17, 15) is 0 Å². The summed E-state index contributed by atoms with van der Waals surface area (Å²) < 4.78 is 6.39. The highest BCUT2D eigenvalue weighted by Crippen LogP contribution is 2.23. The van der Waals surface area contributed by atoms with Crippen LogP contribution in [0.1, 0.15) is 11.1 Å². The van der Waals surface area contributed by atoms with Gasteiger partial charge in [0, 0.05) is 9.80 Å². The Hall–Kier alpha value is -0.800. The van der Waals surface area contributed by atoms with E-state index in [0.717, 1.165) is 23.9 Å². The maximum Gasteiger partial charge on any atom is 0.118 e. The molecular formula is C17H18Br2O. The van der Waals surface area contributed by atoms with Crippen molar-refractivity contribution in [3.8, 4) is 5.75 Å².